The molecule has 0 aliphatic heterocycles. The van der Waals surface area contributed by atoms with Crippen molar-refractivity contribution in [3.63, 3.8) is 0 Å². The summed E-state index contributed by atoms with van der Waals surface area (Å²) in [7, 11) is 1.58. The van der Waals surface area contributed by atoms with Gasteiger partial charge in [-0.15, -0.1) is 0 Å². The number of halogens is 1. The first kappa shape index (κ1) is 16.7. The molecule has 1 aliphatic rings. The molecule has 0 atom stereocenters. The number of hydrogen-bond donors (Lipinski definition) is 2. The summed E-state index contributed by atoms with van der Waals surface area (Å²) in [6.45, 7) is 0. The van der Waals surface area contributed by atoms with E-state index in [9.17, 15) is 19.5 Å². The van der Waals surface area contributed by atoms with Crippen LogP contribution in [0, 0.1) is 0 Å². The summed E-state index contributed by atoms with van der Waals surface area (Å²) < 4.78 is 2.39. The Kier molecular flexibility index (Phi) is 3.77. The van der Waals surface area contributed by atoms with Gasteiger partial charge in [0.05, 0.1) is 11.2 Å². The maximum atomic E-state index is 13.1. The second kappa shape index (κ2) is 5.88. The lowest BCUT2D eigenvalue weighted by atomic mass is 9.97. The minimum Gasteiger partial charge on any atom is -0.477 e. The summed E-state index contributed by atoms with van der Waals surface area (Å²) in [5, 5.41) is 10.6. The predicted molar refractivity (Wildman–Crippen MR) is 97.7 cm³/mol. The molecule has 0 radical (unpaired) electrons. The van der Waals surface area contributed by atoms with Crippen LogP contribution in [0.1, 0.15) is 34.6 Å². The summed E-state index contributed by atoms with van der Waals surface area (Å²) in [6, 6.07) is 4.88. The van der Waals surface area contributed by atoms with Crippen LogP contribution < -0.4 is 11.2 Å². The molecule has 0 spiro atoms. The van der Waals surface area contributed by atoms with Crippen molar-refractivity contribution in [2.45, 2.75) is 25.7 Å². The molecule has 2 heterocycles. The molecule has 3 aromatic rings. The van der Waals surface area contributed by atoms with Gasteiger partial charge in [0.2, 0.25) is 0 Å². The quantitative estimate of drug-likeness (QED) is 0.720. The monoisotopic (exact) mass is 373 g/mol. The van der Waals surface area contributed by atoms with Crippen molar-refractivity contribution in [3.8, 4) is 5.69 Å². The number of H-pyrrole nitrogens is 1. The van der Waals surface area contributed by atoms with E-state index in [-0.39, 0.29) is 11.4 Å². The first-order valence-electron chi connectivity index (χ1n) is 8.29. The van der Waals surface area contributed by atoms with Crippen LogP contribution in [0.5, 0.6) is 0 Å². The number of aryl methyl sites for hydroxylation is 2. The molecule has 1 aromatic carbocycles. The Morgan fingerprint density at radius 3 is 2.69 bits per heavy atom. The van der Waals surface area contributed by atoms with Gasteiger partial charge in [0.15, 0.2) is 5.69 Å². The number of fused-ring (bicyclic) bond motifs is 2. The Bertz CT molecular complexity index is 1190. The van der Waals surface area contributed by atoms with Crippen LogP contribution in [0.15, 0.2) is 27.8 Å². The Morgan fingerprint density at radius 1 is 1.23 bits per heavy atom. The minimum atomic E-state index is -1.22. The number of benzene rings is 1. The van der Waals surface area contributed by atoms with Crippen molar-refractivity contribution in [3.05, 3.63) is 61.0 Å². The molecule has 134 valence electrons. The van der Waals surface area contributed by atoms with Gasteiger partial charge in [0.25, 0.3) is 5.56 Å². The van der Waals surface area contributed by atoms with E-state index in [0.717, 1.165) is 17.4 Å². The third kappa shape index (κ3) is 2.31. The van der Waals surface area contributed by atoms with Gasteiger partial charge >= 0.3 is 11.7 Å². The molecule has 2 N–H and O–H groups in total. The van der Waals surface area contributed by atoms with E-state index in [0.29, 0.717) is 40.0 Å². The summed E-state index contributed by atoms with van der Waals surface area (Å²) in [5.74, 6) is -1.22. The zero-order chi connectivity index (χ0) is 18.6. The lowest BCUT2D eigenvalue weighted by Crippen LogP contribution is -2.39. The Balaban J connectivity index is 2.18. The van der Waals surface area contributed by atoms with Crippen molar-refractivity contribution < 1.29 is 9.90 Å². The van der Waals surface area contributed by atoms with Gasteiger partial charge in [0, 0.05) is 28.7 Å². The zero-order valence-electron chi connectivity index (χ0n) is 14.0. The van der Waals surface area contributed by atoms with E-state index in [1.165, 1.54) is 4.57 Å². The summed E-state index contributed by atoms with van der Waals surface area (Å²) in [5.41, 5.74) is 0.599. The standard InChI is InChI=1S/C18H16ClN3O4/c1-21-13-7-6-9(19)8-11(13)14(15(21)17(24)25)22-16(23)10-4-2-3-5-12(10)20-18(22)26/h6-8H,2-5H2,1H3,(H,20,26)(H,24,25). The van der Waals surface area contributed by atoms with Crippen LogP contribution in [0.25, 0.3) is 16.6 Å². The van der Waals surface area contributed by atoms with Gasteiger partial charge in [-0.05, 0) is 43.9 Å². The van der Waals surface area contributed by atoms with Gasteiger partial charge in [-0.25, -0.2) is 14.2 Å². The van der Waals surface area contributed by atoms with Crippen LogP contribution in [0.3, 0.4) is 0 Å². The third-order valence-corrected chi connectivity index (χ3v) is 5.19. The smallest absolute Gasteiger partial charge is 0.354 e. The third-order valence-electron chi connectivity index (χ3n) is 4.95. The first-order valence-corrected chi connectivity index (χ1v) is 8.66. The second-order valence-electron chi connectivity index (χ2n) is 6.46. The average Bonchev–Trinajstić information content (AvgIpc) is 2.87. The molecule has 4 rings (SSSR count). The van der Waals surface area contributed by atoms with E-state index in [1.807, 2.05) is 0 Å². The number of nitrogens with one attached hydrogen (secondary N) is 1. The average molecular weight is 374 g/mol. The SMILES string of the molecule is Cn1c(C(=O)O)c(-n2c(=O)[nH]c3c(c2=O)CCCC3)c2cc(Cl)ccc21. The Morgan fingerprint density at radius 2 is 1.96 bits per heavy atom. The number of carbonyl (C=O) groups is 1. The molecular weight excluding hydrogens is 358 g/mol. The van der Waals surface area contributed by atoms with Crippen molar-refractivity contribution in [1.29, 1.82) is 0 Å². The molecule has 8 heteroatoms. The topological polar surface area (TPSA) is 97.1 Å². The normalized spacial score (nSPS) is 13.8. The van der Waals surface area contributed by atoms with Crippen molar-refractivity contribution >= 4 is 28.5 Å². The molecule has 0 saturated heterocycles. The van der Waals surface area contributed by atoms with Crippen molar-refractivity contribution in [2.24, 2.45) is 7.05 Å². The summed E-state index contributed by atoms with van der Waals surface area (Å²) >= 11 is 6.08. The number of aromatic carboxylic acids is 1. The molecule has 0 saturated carbocycles. The van der Waals surface area contributed by atoms with Crippen LogP contribution in [-0.4, -0.2) is 25.2 Å². The maximum absolute atomic E-state index is 13.1. The molecule has 0 unspecified atom stereocenters. The van der Waals surface area contributed by atoms with Gasteiger partial charge in [0.1, 0.15) is 0 Å². The lowest BCUT2D eigenvalue weighted by molar-refractivity contribution is 0.0687. The Hall–Kier alpha value is -2.80. The summed E-state index contributed by atoms with van der Waals surface area (Å²) in [6.07, 6.45) is 2.99. The van der Waals surface area contributed by atoms with E-state index in [4.69, 9.17) is 11.6 Å². The largest absolute Gasteiger partial charge is 0.477 e. The number of nitrogens with zero attached hydrogens (tertiary/aromatic N) is 2. The number of aromatic amines is 1. The van der Waals surface area contributed by atoms with Crippen molar-refractivity contribution in [2.75, 3.05) is 0 Å². The molecule has 2 aromatic heterocycles. The molecule has 1 aliphatic carbocycles. The van der Waals surface area contributed by atoms with E-state index in [2.05, 4.69) is 4.98 Å². The highest BCUT2D eigenvalue weighted by Gasteiger charge is 2.26. The van der Waals surface area contributed by atoms with Crippen LogP contribution in [0.4, 0.5) is 0 Å². The fraction of sp³-hybridized carbons (Fsp3) is 0.278. The summed E-state index contributed by atoms with van der Waals surface area (Å²) in [4.78, 5) is 40.4. The van der Waals surface area contributed by atoms with Gasteiger partial charge in [-0.2, -0.15) is 0 Å². The van der Waals surface area contributed by atoms with E-state index in [1.54, 1.807) is 25.2 Å². The fourth-order valence-electron chi connectivity index (χ4n) is 3.76. The predicted octanol–water partition coefficient (Wildman–Crippen LogP) is 2.25. The highest BCUT2D eigenvalue weighted by atomic mass is 35.5. The lowest BCUT2D eigenvalue weighted by Gasteiger charge is -2.16. The van der Waals surface area contributed by atoms with Gasteiger partial charge in [-0.3, -0.25) is 4.79 Å². The second-order valence-corrected chi connectivity index (χ2v) is 6.89. The number of carboxylic acid groups (broad SMARTS) is 1. The molecule has 0 bridgehead atoms. The number of hydrogen-bond acceptors (Lipinski definition) is 3. The molecular formula is C18H16ClN3O4. The maximum Gasteiger partial charge on any atom is 0.354 e. The van der Waals surface area contributed by atoms with Crippen LogP contribution in [-0.2, 0) is 19.9 Å². The van der Waals surface area contributed by atoms with Gasteiger partial charge in [-0.1, -0.05) is 11.6 Å². The van der Waals surface area contributed by atoms with Crippen molar-refractivity contribution in [1.82, 2.24) is 14.1 Å². The Labute approximate surface area is 152 Å². The fourth-order valence-corrected chi connectivity index (χ4v) is 3.94. The number of aromatic nitrogens is 3. The zero-order valence-corrected chi connectivity index (χ0v) is 14.8. The minimum absolute atomic E-state index is 0.0529. The first-order chi connectivity index (χ1) is 12.4. The van der Waals surface area contributed by atoms with Crippen LogP contribution in [0.2, 0.25) is 5.02 Å². The molecule has 7 nitrogen and oxygen atoms in total. The number of rotatable bonds is 2. The highest BCUT2D eigenvalue weighted by Crippen LogP contribution is 2.30. The van der Waals surface area contributed by atoms with Gasteiger partial charge < -0.3 is 14.7 Å². The number of carboxylic acids is 1. The van der Waals surface area contributed by atoms with Crippen LogP contribution >= 0.6 is 11.6 Å². The molecule has 0 amide bonds. The molecule has 0 fully saturated rings. The van der Waals surface area contributed by atoms with E-state index < -0.39 is 17.2 Å². The van der Waals surface area contributed by atoms with E-state index >= 15 is 0 Å². The highest BCUT2D eigenvalue weighted by molar-refractivity contribution is 6.31. The molecule has 26 heavy (non-hydrogen) atoms.